The van der Waals surface area contributed by atoms with Crippen molar-refractivity contribution in [2.24, 2.45) is 0 Å². The van der Waals surface area contributed by atoms with Crippen LogP contribution in [0.15, 0.2) is 45.9 Å². The number of halogens is 2. The van der Waals surface area contributed by atoms with Gasteiger partial charge in [-0.2, -0.15) is 0 Å². The zero-order valence-electron chi connectivity index (χ0n) is 6.61. The van der Waals surface area contributed by atoms with E-state index in [1.807, 2.05) is 35.0 Å². The van der Waals surface area contributed by atoms with Gasteiger partial charge < -0.3 is 0 Å². The second kappa shape index (κ2) is 3.64. The topological polar surface area (TPSA) is 17.8 Å². The monoisotopic (exact) mass is 300 g/mol. The Labute approximate surface area is 92.9 Å². The zero-order chi connectivity index (χ0) is 9.26. The highest BCUT2D eigenvalue weighted by Gasteiger charge is 1.99. The van der Waals surface area contributed by atoms with Gasteiger partial charge in [0.1, 0.15) is 0 Å². The van der Waals surface area contributed by atoms with Gasteiger partial charge in [-0.25, -0.2) is 4.98 Å². The molecule has 0 saturated heterocycles. The summed E-state index contributed by atoms with van der Waals surface area (Å²) in [5, 5.41) is 0. The van der Waals surface area contributed by atoms with Crippen molar-refractivity contribution in [3.8, 4) is 5.69 Å². The van der Waals surface area contributed by atoms with Crippen LogP contribution in [0.5, 0.6) is 0 Å². The lowest BCUT2D eigenvalue weighted by molar-refractivity contribution is 1.01. The van der Waals surface area contributed by atoms with Crippen molar-refractivity contribution in [3.05, 3.63) is 45.9 Å². The molecule has 0 unspecified atom stereocenters. The summed E-state index contributed by atoms with van der Waals surface area (Å²) < 4.78 is 3.86. The van der Waals surface area contributed by atoms with E-state index in [1.165, 1.54) is 0 Å². The van der Waals surface area contributed by atoms with Crippen molar-refractivity contribution < 1.29 is 0 Å². The minimum Gasteiger partial charge on any atom is -0.294 e. The maximum atomic E-state index is 4.08. The van der Waals surface area contributed by atoms with Crippen LogP contribution in [0.2, 0.25) is 0 Å². The van der Waals surface area contributed by atoms with Crippen LogP contribution in [0.25, 0.3) is 5.69 Å². The van der Waals surface area contributed by atoms with E-state index in [2.05, 4.69) is 36.8 Å². The number of benzene rings is 1. The SMILES string of the molecule is Brc1ccc(-n2ccnc2Br)cc1. The molecule has 0 atom stereocenters. The normalized spacial score (nSPS) is 10.3. The van der Waals surface area contributed by atoms with E-state index in [1.54, 1.807) is 6.20 Å². The van der Waals surface area contributed by atoms with Gasteiger partial charge in [-0.1, -0.05) is 15.9 Å². The van der Waals surface area contributed by atoms with E-state index in [9.17, 15) is 0 Å². The molecular formula is C9H6Br2N2. The smallest absolute Gasteiger partial charge is 0.181 e. The summed E-state index contributed by atoms with van der Waals surface area (Å²) in [6, 6.07) is 8.05. The van der Waals surface area contributed by atoms with Gasteiger partial charge in [0.05, 0.1) is 0 Å². The summed E-state index contributed by atoms with van der Waals surface area (Å²) in [5.41, 5.74) is 1.09. The molecule has 0 aliphatic carbocycles. The van der Waals surface area contributed by atoms with Crippen LogP contribution in [0, 0.1) is 0 Å². The molecule has 2 aromatic rings. The molecule has 13 heavy (non-hydrogen) atoms. The Kier molecular flexibility index (Phi) is 2.51. The minimum atomic E-state index is 0.815. The van der Waals surface area contributed by atoms with Crippen LogP contribution < -0.4 is 0 Å². The van der Waals surface area contributed by atoms with E-state index in [-0.39, 0.29) is 0 Å². The summed E-state index contributed by atoms with van der Waals surface area (Å²) in [6.45, 7) is 0. The lowest BCUT2D eigenvalue weighted by Crippen LogP contribution is -1.91. The van der Waals surface area contributed by atoms with Crippen LogP contribution in [0.4, 0.5) is 0 Å². The van der Waals surface area contributed by atoms with Gasteiger partial charge in [0, 0.05) is 22.6 Å². The number of imidazole rings is 1. The molecule has 0 bridgehead atoms. The fraction of sp³-hybridized carbons (Fsp3) is 0. The number of nitrogens with zero attached hydrogens (tertiary/aromatic N) is 2. The van der Waals surface area contributed by atoms with Crippen LogP contribution in [-0.4, -0.2) is 9.55 Å². The van der Waals surface area contributed by atoms with Gasteiger partial charge in [0.25, 0.3) is 0 Å². The first-order valence-electron chi connectivity index (χ1n) is 3.72. The molecule has 0 spiro atoms. The summed E-state index contributed by atoms with van der Waals surface area (Å²) in [6.07, 6.45) is 3.67. The number of rotatable bonds is 1. The average Bonchev–Trinajstić information content (AvgIpc) is 2.53. The first-order chi connectivity index (χ1) is 6.27. The third-order valence-corrected chi connectivity index (χ3v) is 2.82. The second-order valence-corrected chi connectivity index (χ2v) is 4.17. The van der Waals surface area contributed by atoms with Crippen molar-refractivity contribution in [2.75, 3.05) is 0 Å². The molecule has 0 amide bonds. The molecular weight excluding hydrogens is 296 g/mol. The van der Waals surface area contributed by atoms with Crippen LogP contribution >= 0.6 is 31.9 Å². The highest BCUT2D eigenvalue weighted by molar-refractivity contribution is 9.10. The summed E-state index contributed by atoms with van der Waals surface area (Å²) in [7, 11) is 0. The van der Waals surface area contributed by atoms with Crippen molar-refractivity contribution in [1.29, 1.82) is 0 Å². The second-order valence-electron chi connectivity index (χ2n) is 2.54. The predicted molar refractivity (Wildman–Crippen MR) is 59.0 cm³/mol. The Bertz CT molecular complexity index is 406. The van der Waals surface area contributed by atoms with E-state index >= 15 is 0 Å². The maximum Gasteiger partial charge on any atom is 0.181 e. The molecule has 1 aromatic carbocycles. The molecule has 0 saturated carbocycles. The first kappa shape index (κ1) is 8.97. The first-order valence-corrected chi connectivity index (χ1v) is 5.31. The van der Waals surface area contributed by atoms with Crippen molar-refractivity contribution in [2.45, 2.75) is 0 Å². The van der Waals surface area contributed by atoms with E-state index in [0.717, 1.165) is 14.9 Å². The highest BCUT2D eigenvalue weighted by atomic mass is 79.9. The van der Waals surface area contributed by atoms with Gasteiger partial charge in [-0.05, 0) is 40.2 Å². The number of hydrogen-bond donors (Lipinski definition) is 0. The molecule has 4 heteroatoms. The molecule has 2 rings (SSSR count). The summed E-state index contributed by atoms with van der Waals surface area (Å²) in [4.78, 5) is 4.08. The minimum absolute atomic E-state index is 0.815. The predicted octanol–water partition coefficient (Wildman–Crippen LogP) is 3.40. The molecule has 0 aliphatic heterocycles. The average molecular weight is 302 g/mol. The lowest BCUT2D eigenvalue weighted by Gasteiger charge is -2.02. The van der Waals surface area contributed by atoms with Crippen molar-refractivity contribution >= 4 is 31.9 Å². The highest BCUT2D eigenvalue weighted by Crippen LogP contribution is 2.17. The molecule has 66 valence electrons. The Morgan fingerprint density at radius 3 is 2.31 bits per heavy atom. The molecule has 0 fully saturated rings. The zero-order valence-corrected chi connectivity index (χ0v) is 9.79. The van der Waals surface area contributed by atoms with Gasteiger partial charge in [-0.15, -0.1) is 0 Å². The largest absolute Gasteiger partial charge is 0.294 e. The third-order valence-electron chi connectivity index (χ3n) is 1.70. The van der Waals surface area contributed by atoms with Gasteiger partial charge in [0.15, 0.2) is 4.73 Å². The van der Waals surface area contributed by atoms with E-state index < -0.39 is 0 Å². The Morgan fingerprint density at radius 1 is 1.08 bits per heavy atom. The third kappa shape index (κ3) is 1.84. The molecule has 0 radical (unpaired) electrons. The molecule has 1 heterocycles. The fourth-order valence-corrected chi connectivity index (χ4v) is 1.79. The van der Waals surface area contributed by atoms with E-state index in [0.29, 0.717) is 0 Å². The van der Waals surface area contributed by atoms with Crippen LogP contribution in [0.1, 0.15) is 0 Å². The molecule has 0 N–H and O–H groups in total. The quantitative estimate of drug-likeness (QED) is 0.789. The van der Waals surface area contributed by atoms with Crippen LogP contribution in [-0.2, 0) is 0 Å². The Hall–Kier alpha value is -0.610. The fourth-order valence-electron chi connectivity index (χ4n) is 1.08. The Balaban J connectivity index is 2.47. The summed E-state index contributed by atoms with van der Waals surface area (Å²) >= 11 is 6.75. The molecule has 0 aliphatic rings. The summed E-state index contributed by atoms with van der Waals surface area (Å²) in [5.74, 6) is 0. The standard InChI is InChI=1S/C9H6Br2N2/c10-7-1-3-8(4-2-7)13-6-5-12-9(13)11/h1-6H. The Morgan fingerprint density at radius 2 is 1.77 bits per heavy atom. The van der Waals surface area contributed by atoms with Gasteiger partial charge in [0.2, 0.25) is 0 Å². The van der Waals surface area contributed by atoms with Crippen molar-refractivity contribution in [1.82, 2.24) is 9.55 Å². The maximum absolute atomic E-state index is 4.08. The number of aromatic nitrogens is 2. The van der Waals surface area contributed by atoms with Gasteiger partial charge >= 0.3 is 0 Å². The van der Waals surface area contributed by atoms with E-state index in [4.69, 9.17) is 0 Å². The van der Waals surface area contributed by atoms with Crippen molar-refractivity contribution in [3.63, 3.8) is 0 Å². The lowest BCUT2D eigenvalue weighted by atomic mass is 10.3. The van der Waals surface area contributed by atoms with Gasteiger partial charge in [-0.3, -0.25) is 4.57 Å². The number of hydrogen-bond acceptors (Lipinski definition) is 1. The molecule has 2 nitrogen and oxygen atoms in total. The molecule has 1 aromatic heterocycles. The van der Waals surface area contributed by atoms with Crippen LogP contribution in [0.3, 0.4) is 0 Å².